The van der Waals surface area contributed by atoms with E-state index in [9.17, 15) is 4.79 Å². The lowest BCUT2D eigenvalue weighted by atomic mass is 10.1. The highest BCUT2D eigenvalue weighted by Gasteiger charge is 2.24. The van der Waals surface area contributed by atoms with Crippen molar-refractivity contribution in [3.8, 4) is 5.88 Å². The Labute approximate surface area is 149 Å². The highest BCUT2D eigenvalue weighted by atomic mass is 16.5. The lowest BCUT2D eigenvalue weighted by Gasteiger charge is -2.32. The average molecular weight is 339 g/mol. The summed E-state index contributed by atoms with van der Waals surface area (Å²) >= 11 is 0. The van der Waals surface area contributed by atoms with Crippen molar-refractivity contribution in [2.45, 2.75) is 45.1 Å². The summed E-state index contributed by atoms with van der Waals surface area (Å²) in [6.07, 6.45) is 4.33. The summed E-state index contributed by atoms with van der Waals surface area (Å²) in [6, 6.07) is 14.0. The molecule has 0 N–H and O–H groups in total. The van der Waals surface area contributed by atoms with E-state index < -0.39 is 0 Å². The van der Waals surface area contributed by atoms with E-state index in [2.05, 4.69) is 22.3 Å². The Morgan fingerprint density at radius 2 is 2.04 bits per heavy atom. The second-order valence-electron chi connectivity index (χ2n) is 6.57. The molecule has 1 atom stereocenters. The van der Waals surface area contributed by atoms with Gasteiger partial charge in [0.15, 0.2) is 0 Å². The number of piperidine rings is 1. The van der Waals surface area contributed by atoms with Gasteiger partial charge in [-0.05, 0) is 44.2 Å². The largest absolute Gasteiger partial charge is 0.471 e. The molecule has 1 fully saturated rings. The first-order valence-electron chi connectivity index (χ1n) is 8.99. The molecular formula is C20H25N3O2. The minimum Gasteiger partial charge on any atom is -0.471 e. The van der Waals surface area contributed by atoms with Crippen molar-refractivity contribution in [3.63, 3.8) is 0 Å². The number of carbonyl (C=O) groups excluding carboxylic acids is 1. The molecule has 3 rings (SSSR count). The predicted molar refractivity (Wildman–Crippen MR) is 96.4 cm³/mol. The standard InChI is InChI=1S/C20H25N3O2/c1-16-12-13-19(22-21-16)25-18-10-6-14-23(15-18)20(24)11-5-9-17-7-3-2-4-8-17/h2-4,7-8,12-13,18H,5-6,9-11,14-15H2,1H3. The van der Waals surface area contributed by atoms with Crippen LogP contribution in [0.5, 0.6) is 5.88 Å². The fourth-order valence-corrected chi connectivity index (χ4v) is 3.13. The van der Waals surface area contributed by atoms with Crippen molar-refractivity contribution in [3.05, 3.63) is 53.7 Å². The van der Waals surface area contributed by atoms with Gasteiger partial charge >= 0.3 is 0 Å². The number of carbonyl (C=O) groups is 1. The quantitative estimate of drug-likeness (QED) is 0.811. The molecule has 0 saturated carbocycles. The van der Waals surface area contributed by atoms with Crippen LogP contribution in [0.2, 0.25) is 0 Å². The van der Waals surface area contributed by atoms with Crippen LogP contribution in [0.3, 0.4) is 0 Å². The third-order valence-electron chi connectivity index (χ3n) is 4.49. The van der Waals surface area contributed by atoms with Gasteiger partial charge in [-0.3, -0.25) is 4.79 Å². The SMILES string of the molecule is Cc1ccc(OC2CCCN(C(=O)CCCc3ccccc3)C2)nn1. The minimum atomic E-state index is 0.00355. The van der Waals surface area contributed by atoms with Crippen LogP contribution in [0.15, 0.2) is 42.5 Å². The van der Waals surface area contributed by atoms with E-state index in [-0.39, 0.29) is 12.0 Å². The molecule has 132 valence electrons. The van der Waals surface area contributed by atoms with Gasteiger partial charge in [0.25, 0.3) is 0 Å². The second kappa shape index (κ2) is 8.60. The number of aryl methyl sites for hydroxylation is 2. The monoisotopic (exact) mass is 339 g/mol. The van der Waals surface area contributed by atoms with Crippen LogP contribution in [0.4, 0.5) is 0 Å². The van der Waals surface area contributed by atoms with Gasteiger partial charge in [-0.1, -0.05) is 30.3 Å². The average Bonchev–Trinajstić information content (AvgIpc) is 2.65. The van der Waals surface area contributed by atoms with Gasteiger partial charge in [0.05, 0.1) is 12.2 Å². The van der Waals surface area contributed by atoms with Gasteiger partial charge in [-0.2, -0.15) is 5.10 Å². The summed E-state index contributed by atoms with van der Waals surface area (Å²) in [7, 11) is 0. The number of hydrogen-bond donors (Lipinski definition) is 0. The molecule has 1 aromatic carbocycles. The first-order valence-corrected chi connectivity index (χ1v) is 8.99. The number of nitrogens with zero attached hydrogens (tertiary/aromatic N) is 3. The molecule has 25 heavy (non-hydrogen) atoms. The molecular weight excluding hydrogens is 314 g/mol. The van der Waals surface area contributed by atoms with Gasteiger partial charge in [-0.15, -0.1) is 5.10 Å². The van der Waals surface area contributed by atoms with E-state index in [1.54, 1.807) is 0 Å². The molecule has 1 saturated heterocycles. The number of amides is 1. The number of benzene rings is 1. The topological polar surface area (TPSA) is 55.3 Å². The molecule has 1 amide bonds. The van der Waals surface area contributed by atoms with Gasteiger partial charge in [0, 0.05) is 19.0 Å². The molecule has 1 aromatic heterocycles. The van der Waals surface area contributed by atoms with Crippen LogP contribution < -0.4 is 4.74 Å². The maximum Gasteiger partial charge on any atom is 0.233 e. The van der Waals surface area contributed by atoms with Gasteiger partial charge in [0.2, 0.25) is 11.8 Å². The zero-order chi connectivity index (χ0) is 17.5. The van der Waals surface area contributed by atoms with Gasteiger partial charge < -0.3 is 9.64 Å². The van der Waals surface area contributed by atoms with Crippen molar-refractivity contribution < 1.29 is 9.53 Å². The molecule has 5 heteroatoms. The van der Waals surface area contributed by atoms with E-state index in [1.807, 2.05) is 42.2 Å². The summed E-state index contributed by atoms with van der Waals surface area (Å²) in [5.74, 6) is 0.758. The number of aromatic nitrogens is 2. The van der Waals surface area contributed by atoms with Crippen molar-refractivity contribution in [1.82, 2.24) is 15.1 Å². The second-order valence-corrected chi connectivity index (χ2v) is 6.57. The van der Waals surface area contributed by atoms with E-state index >= 15 is 0 Å². The number of likely N-dealkylation sites (tertiary alicyclic amines) is 1. The van der Waals surface area contributed by atoms with Crippen LogP contribution in [0.1, 0.15) is 36.9 Å². The minimum absolute atomic E-state index is 0.00355. The highest BCUT2D eigenvalue weighted by Crippen LogP contribution is 2.17. The Kier molecular flexibility index (Phi) is 5.99. The molecule has 1 unspecified atom stereocenters. The van der Waals surface area contributed by atoms with Gasteiger partial charge in [0.1, 0.15) is 6.10 Å². The molecule has 0 spiro atoms. The summed E-state index contributed by atoms with van der Waals surface area (Å²) in [6.45, 7) is 3.36. The van der Waals surface area contributed by atoms with E-state index in [4.69, 9.17) is 4.74 Å². The van der Waals surface area contributed by atoms with E-state index in [1.165, 1.54) is 5.56 Å². The first kappa shape index (κ1) is 17.4. The van der Waals surface area contributed by atoms with Crippen molar-refractivity contribution in [2.24, 2.45) is 0 Å². The lowest BCUT2D eigenvalue weighted by Crippen LogP contribution is -2.44. The zero-order valence-electron chi connectivity index (χ0n) is 14.7. The van der Waals surface area contributed by atoms with E-state index in [0.717, 1.165) is 37.9 Å². The fraction of sp³-hybridized carbons (Fsp3) is 0.450. The zero-order valence-corrected chi connectivity index (χ0v) is 14.7. The third kappa shape index (κ3) is 5.28. The van der Waals surface area contributed by atoms with Crippen molar-refractivity contribution in [2.75, 3.05) is 13.1 Å². The Morgan fingerprint density at radius 3 is 2.80 bits per heavy atom. The summed E-state index contributed by atoms with van der Waals surface area (Å²) in [5, 5.41) is 8.06. The smallest absolute Gasteiger partial charge is 0.233 e. The molecule has 1 aliphatic rings. The van der Waals surface area contributed by atoms with Crippen LogP contribution in [-0.2, 0) is 11.2 Å². The molecule has 1 aliphatic heterocycles. The Hall–Kier alpha value is -2.43. The maximum atomic E-state index is 12.5. The predicted octanol–water partition coefficient (Wildman–Crippen LogP) is 3.18. The first-order chi connectivity index (χ1) is 12.2. The molecule has 0 bridgehead atoms. The van der Waals surface area contributed by atoms with Crippen molar-refractivity contribution >= 4 is 5.91 Å². The van der Waals surface area contributed by atoms with Crippen LogP contribution >= 0.6 is 0 Å². The van der Waals surface area contributed by atoms with Gasteiger partial charge in [-0.25, -0.2) is 0 Å². The van der Waals surface area contributed by atoms with Crippen molar-refractivity contribution in [1.29, 1.82) is 0 Å². The van der Waals surface area contributed by atoms with Crippen LogP contribution in [-0.4, -0.2) is 40.2 Å². The lowest BCUT2D eigenvalue weighted by molar-refractivity contribution is -0.133. The van der Waals surface area contributed by atoms with Crippen LogP contribution in [0.25, 0.3) is 0 Å². The Balaban J connectivity index is 1.45. The number of ether oxygens (including phenoxy) is 1. The Morgan fingerprint density at radius 1 is 1.20 bits per heavy atom. The third-order valence-corrected chi connectivity index (χ3v) is 4.49. The van der Waals surface area contributed by atoms with Crippen LogP contribution in [0, 0.1) is 6.92 Å². The summed E-state index contributed by atoms with van der Waals surface area (Å²) in [5.41, 5.74) is 2.15. The highest BCUT2D eigenvalue weighted by molar-refractivity contribution is 5.76. The molecule has 2 aromatic rings. The fourth-order valence-electron chi connectivity index (χ4n) is 3.13. The number of rotatable bonds is 6. The molecule has 2 heterocycles. The molecule has 5 nitrogen and oxygen atoms in total. The number of hydrogen-bond acceptors (Lipinski definition) is 4. The normalized spacial score (nSPS) is 17.3. The Bertz CT molecular complexity index is 673. The molecule has 0 aliphatic carbocycles. The van der Waals surface area contributed by atoms with E-state index in [0.29, 0.717) is 18.8 Å². The molecule has 0 radical (unpaired) electrons. The summed E-state index contributed by atoms with van der Waals surface area (Å²) in [4.78, 5) is 14.4. The summed E-state index contributed by atoms with van der Waals surface area (Å²) < 4.78 is 5.90. The maximum absolute atomic E-state index is 12.5.